The van der Waals surface area contributed by atoms with Crippen molar-refractivity contribution in [3.63, 3.8) is 0 Å². The van der Waals surface area contributed by atoms with Gasteiger partial charge in [-0.2, -0.15) is 11.8 Å². The number of anilines is 1. The molecule has 19 heavy (non-hydrogen) atoms. The Kier molecular flexibility index (Phi) is 4.49. The van der Waals surface area contributed by atoms with Crippen molar-refractivity contribution in [1.82, 2.24) is 4.98 Å². The second kappa shape index (κ2) is 6.12. The van der Waals surface area contributed by atoms with E-state index in [4.69, 9.17) is 0 Å². The van der Waals surface area contributed by atoms with Gasteiger partial charge in [0.25, 0.3) is 5.91 Å². The minimum Gasteiger partial charge on any atom is -0.298 e. The fraction of sp³-hybridized carbons (Fsp3) is 0.167. The van der Waals surface area contributed by atoms with E-state index in [1.54, 1.807) is 17.1 Å². The maximum absolute atomic E-state index is 13.4. The number of carbonyl (C=O) groups excluding carboxylic acids is 1. The van der Waals surface area contributed by atoms with E-state index in [-0.39, 0.29) is 0 Å². The number of halogens is 2. The molecule has 1 aromatic carbocycles. The highest BCUT2D eigenvalue weighted by Gasteiger charge is 2.18. The second-order valence-corrected chi connectivity index (χ2v) is 5.35. The van der Waals surface area contributed by atoms with Crippen molar-refractivity contribution in [3.05, 3.63) is 46.5 Å². The van der Waals surface area contributed by atoms with Crippen molar-refractivity contribution in [3.8, 4) is 0 Å². The molecule has 0 unspecified atom stereocenters. The van der Waals surface area contributed by atoms with Crippen molar-refractivity contribution in [1.29, 1.82) is 0 Å². The van der Waals surface area contributed by atoms with Gasteiger partial charge in [0.05, 0.1) is 5.69 Å². The summed E-state index contributed by atoms with van der Waals surface area (Å²) in [6, 6.07) is 3.29. The summed E-state index contributed by atoms with van der Waals surface area (Å²) < 4.78 is 26.8. The second-order valence-electron chi connectivity index (χ2n) is 3.63. The molecule has 0 saturated heterocycles. The first-order valence-electron chi connectivity index (χ1n) is 5.30. The van der Waals surface area contributed by atoms with Crippen LogP contribution < -0.4 is 5.32 Å². The molecule has 0 spiro atoms. The van der Waals surface area contributed by atoms with Crippen LogP contribution in [0.25, 0.3) is 0 Å². The van der Waals surface area contributed by atoms with Gasteiger partial charge in [-0.25, -0.2) is 13.8 Å². The molecule has 0 bridgehead atoms. The number of amides is 1. The minimum absolute atomic E-state index is 0.330. The van der Waals surface area contributed by atoms with E-state index >= 15 is 0 Å². The number of hydrogen-bond acceptors (Lipinski definition) is 4. The normalized spacial score (nSPS) is 10.5. The van der Waals surface area contributed by atoms with Gasteiger partial charge in [-0.3, -0.25) is 10.1 Å². The van der Waals surface area contributed by atoms with E-state index in [1.165, 1.54) is 17.4 Å². The van der Waals surface area contributed by atoms with E-state index in [1.807, 2.05) is 6.26 Å². The summed E-state index contributed by atoms with van der Waals surface area (Å²) in [6.45, 7) is 0. The molecular weight excluding hydrogens is 290 g/mol. The van der Waals surface area contributed by atoms with Gasteiger partial charge in [0.1, 0.15) is 17.2 Å². The average molecular weight is 300 g/mol. The van der Waals surface area contributed by atoms with Crippen LogP contribution in [0.2, 0.25) is 0 Å². The van der Waals surface area contributed by atoms with Gasteiger partial charge in [-0.05, 0) is 18.4 Å². The summed E-state index contributed by atoms with van der Waals surface area (Å²) in [6.07, 6.45) is 1.94. The Balaban J connectivity index is 2.16. The van der Waals surface area contributed by atoms with Crippen molar-refractivity contribution >= 4 is 34.1 Å². The number of nitrogens with one attached hydrogen (secondary N) is 1. The molecule has 0 saturated carbocycles. The number of hydrogen-bond donors (Lipinski definition) is 1. The third-order valence-corrected chi connectivity index (χ3v) is 3.65. The van der Waals surface area contributed by atoms with Gasteiger partial charge in [-0.1, -0.05) is 6.07 Å². The zero-order chi connectivity index (χ0) is 13.8. The van der Waals surface area contributed by atoms with E-state index in [0.717, 1.165) is 23.6 Å². The number of thiazole rings is 1. The molecule has 1 amide bonds. The predicted molar refractivity (Wildman–Crippen MR) is 73.6 cm³/mol. The van der Waals surface area contributed by atoms with Gasteiger partial charge < -0.3 is 0 Å². The molecule has 0 aliphatic rings. The van der Waals surface area contributed by atoms with E-state index in [9.17, 15) is 13.6 Å². The number of aromatic nitrogens is 1. The molecule has 100 valence electrons. The molecule has 1 N–H and O–H groups in total. The molecule has 0 radical (unpaired) electrons. The number of benzene rings is 1. The van der Waals surface area contributed by atoms with Crippen LogP contribution in [0.15, 0.2) is 23.6 Å². The lowest BCUT2D eigenvalue weighted by Gasteiger charge is -2.04. The first-order chi connectivity index (χ1) is 9.11. The van der Waals surface area contributed by atoms with Crippen LogP contribution in [-0.4, -0.2) is 17.1 Å². The Bertz CT molecular complexity index is 581. The van der Waals surface area contributed by atoms with Crippen LogP contribution >= 0.6 is 23.1 Å². The standard InChI is InChI=1S/C12H10F2N2OS2/c1-18-5-7-6-19-12(15-7)16-11(17)10-8(13)3-2-4-9(10)14/h2-4,6H,5H2,1H3,(H,15,16,17). The maximum Gasteiger partial charge on any atom is 0.263 e. The van der Waals surface area contributed by atoms with Crippen molar-refractivity contribution in [2.75, 3.05) is 11.6 Å². The predicted octanol–water partition coefficient (Wildman–Crippen LogP) is 3.54. The van der Waals surface area contributed by atoms with Gasteiger partial charge in [-0.15, -0.1) is 11.3 Å². The van der Waals surface area contributed by atoms with Crippen molar-refractivity contribution < 1.29 is 13.6 Å². The molecule has 7 heteroatoms. The third-order valence-electron chi connectivity index (χ3n) is 2.25. The number of carbonyl (C=O) groups is 1. The Morgan fingerprint density at radius 3 is 2.74 bits per heavy atom. The van der Waals surface area contributed by atoms with Crippen LogP contribution in [0.5, 0.6) is 0 Å². The smallest absolute Gasteiger partial charge is 0.263 e. The fourth-order valence-corrected chi connectivity index (χ4v) is 2.71. The number of thioether (sulfide) groups is 1. The number of rotatable bonds is 4. The maximum atomic E-state index is 13.4. The summed E-state index contributed by atoms with van der Waals surface area (Å²) in [5.74, 6) is -1.89. The largest absolute Gasteiger partial charge is 0.298 e. The third kappa shape index (κ3) is 3.30. The highest BCUT2D eigenvalue weighted by atomic mass is 32.2. The van der Waals surface area contributed by atoms with Crippen LogP contribution in [0.3, 0.4) is 0 Å². The molecule has 2 rings (SSSR count). The monoisotopic (exact) mass is 300 g/mol. The van der Waals surface area contributed by atoms with Crippen LogP contribution in [-0.2, 0) is 5.75 Å². The molecular formula is C12H10F2N2OS2. The SMILES string of the molecule is CSCc1csc(NC(=O)c2c(F)cccc2F)n1. The zero-order valence-electron chi connectivity index (χ0n) is 9.94. The summed E-state index contributed by atoms with van der Waals surface area (Å²) in [7, 11) is 0. The Morgan fingerprint density at radius 2 is 2.11 bits per heavy atom. The molecule has 0 fully saturated rings. The highest BCUT2D eigenvalue weighted by molar-refractivity contribution is 7.97. The topological polar surface area (TPSA) is 42.0 Å². The summed E-state index contributed by atoms with van der Waals surface area (Å²) in [5.41, 5.74) is 0.228. The van der Waals surface area contributed by atoms with Crippen molar-refractivity contribution in [2.24, 2.45) is 0 Å². The molecule has 0 aliphatic carbocycles. The lowest BCUT2D eigenvalue weighted by Crippen LogP contribution is -2.15. The zero-order valence-corrected chi connectivity index (χ0v) is 11.6. The summed E-state index contributed by atoms with van der Waals surface area (Å²) >= 11 is 2.82. The van der Waals surface area contributed by atoms with E-state index in [2.05, 4.69) is 10.3 Å². The number of nitrogens with zero attached hydrogens (tertiary/aromatic N) is 1. The Morgan fingerprint density at radius 1 is 1.42 bits per heavy atom. The molecule has 0 atom stereocenters. The first kappa shape index (κ1) is 14.0. The van der Waals surface area contributed by atoms with Crippen molar-refractivity contribution in [2.45, 2.75) is 5.75 Å². The Hall–Kier alpha value is -1.47. The minimum atomic E-state index is -0.890. The molecule has 2 aromatic rings. The highest BCUT2D eigenvalue weighted by Crippen LogP contribution is 2.20. The Labute approximate surface area is 117 Å². The van der Waals surface area contributed by atoms with E-state index in [0.29, 0.717) is 5.13 Å². The summed E-state index contributed by atoms with van der Waals surface area (Å²) in [5, 5.41) is 4.52. The first-order valence-corrected chi connectivity index (χ1v) is 7.58. The lowest BCUT2D eigenvalue weighted by atomic mass is 10.2. The molecule has 1 heterocycles. The molecule has 3 nitrogen and oxygen atoms in total. The van der Waals surface area contributed by atoms with Crippen LogP contribution in [0, 0.1) is 11.6 Å². The quantitative estimate of drug-likeness (QED) is 0.939. The van der Waals surface area contributed by atoms with E-state index < -0.39 is 23.1 Å². The van der Waals surface area contributed by atoms with Gasteiger partial charge >= 0.3 is 0 Å². The van der Waals surface area contributed by atoms with Crippen LogP contribution in [0.4, 0.5) is 13.9 Å². The lowest BCUT2D eigenvalue weighted by molar-refractivity contribution is 0.101. The van der Waals surface area contributed by atoms with Gasteiger partial charge in [0.2, 0.25) is 0 Å². The van der Waals surface area contributed by atoms with Gasteiger partial charge in [0.15, 0.2) is 5.13 Å². The fourth-order valence-electron chi connectivity index (χ4n) is 1.45. The van der Waals surface area contributed by atoms with Crippen LogP contribution in [0.1, 0.15) is 16.1 Å². The summed E-state index contributed by atoms with van der Waals surface area (Å²) in [4.78, 5) is 15.9. The van der Waals surface area contributed by atoms with Gasteiger partial charge in [0, 0.05) is 11.1 Å². The molecule has 0 aliphatic heterocycles. The molecule has 1 aromatic heterocycles. The average Bonchev–Trinajstić information content (AvgIpc) is 2.77.